The first-order chi connectivity index (χ1) is 19.3. The molecule has 3 heterocycles. The highest BCUT2D eigenvalue weighted by molar-refractivity contribution is 6.05. The lowest BCUT2D eigenvalue weighted by molar-refractivity contribution is 0.0384. The normalized spacial score (nSPS) is 16.5. The summed E-state index contributed by atoms with van der Waals surface area (Å²) in [6, 6.07) is 6.63. The van der Waals surface area contributed by atoms with E-state index in [2.05, 4.69) is 25.5 Å². The number of hydrogen-bond donors (Lipinski definition) is 4. The summed E-state index contributed by atoms with van der Waals surface area (Å²) < 4.78 is 0. The molecule has 0 atom stereocenters. The molecule has 0 spiro atoms. The number of benzene rings is 1. The third kappa shape index (κ3) is 5.33. The number of carbonyl (C=O) groups is 3. The van der Waals surface area contributed by atoms with E-state index < -0.39 is 11.6 Å². The minimum absolute atomic E-state index is 0.122. The van der Waals surface area contributed by atoms with Gasteiger partial charge in [0.25, 0.3) is 11.8 Å². The molecular weight excluding hydrogens is 524 g/mol. The topological polar surface area (TPSA) is 170 Å². The van der Waals surface area contributed by atoms with Gasteiger partial charge in [-0.3, -0.25) is 14.7 Å². The molecule has 1 aliphatic heterocycles. The second-order valence-electron chi connectivity index (χ2n) is 12.4. The number of nitrogens with two attached hydrogens (primary N) is 1. The highest BCUT2D eigenvalue weighted by Crippen LogP contribution is 2.42. The van der Waals surface area contributed by atoms with E-state index in [1.807, 2.05) is 34.6 Å². The van der Waals surface area contributed by atoms with Crippen LogP contribution in [-0.2, 0) is 11.8 Å². The number of nitrogens with zero attached hydrogens (tertiary/aromatic N) is 5. The molecule has 1 aromatic carbocycles. The monoisotopic (exact) mass is 560 g/mol. The highest BCUT2D eigenvalue weighted by atomic mass is 16.4. The zero-order valence-electron chi connectivity index (χ0n) is 24.0. The van der Waals surface area contributed by atoms with Crippen molar-refractivity contribution < 1.29 is 19.5 Å². The first-order valence-corrected chi connectivity index (χ1v) is 13.7. The van der Waals surface area contributed by atoms with Gasteiger partial charge in [-0.05, 0) is 75.3 Å². The molecule has 12 heteroatoms. The van der Waals surface area contributed by atoms with Crippen LogP contribution in [0.25, 0.3) is 11.4 Å². The van der Waals surface area contributed by atoms with Crippen LogP contribution in [-0.4, -0.2) is 77.6 Å². The van der Waals surface area contributed by atoms with E-state index in [9.17, 15) is 19.5 Å². The lowest BCUT2D eigenvalue weighted by Gasteiger charge is -2.43. The Morgan fingerprint density at radius 3 is 2.39 bits per heavy atom. The summed E-state index contributed by atoms with van der Waals surface area (Å²) in [6.07, 6.45) is 2.56. The lowest BCUT2D eigenvalue weighted by Crippen LogP contribution is -2.55. The predicted molar refractivity (Wildman–Crippen MR) is 154 cm³/mol. The number of nitrogens with one attached hydrogen (secondary N) is 2. The molecule has 1 saturated heterocycles. The van der Waals surface area contributed by atoms with Gasteiger partial charge in [0.15, 0.2) is 0 Å². The first-order valence-electron chi connectivity index (χ1n) is 13.7. The zero-order chi connectivity index (χ0) is 29.7. The number of likely N-dealkylation sites (tertiary alicyclic amines) is 1. The fourth-order valence-electron chi connectivity index (χ4n) is 6.05. The molecule has 216 valence electrons. The van der Waals surface area contributed by atoms with E-state index >= 15 is 0 Å². The smallest absolute Gasteiger partial charge is 0.407 e. The molecule has 12 nitrogen and oxygen atoms in total. The maximum absolute atomic E-state index is 13.3. The minimum Gasteiger partial charge on any atom is -0.465 e. The van der Waals surface area contributed by atoms with E-state index in [0.717, 1.165) is 11.1 Å². The third-order valence-corrected chi connectivity index (χ3v) is 7.85. The third-order valence-electron chi connectivity index (χ3n) is 7.85. The fourth-order valence-corrected chi connectivity index (χ4v) is 6.05. The zero-order valence-corrected chi connectivity index (χ0v) is 24.0. The van der Waals surface area contributed by atoms with Crippen molar-refractivity contribution in [2.45, 2.75) is 70.9 Å². The number of carbonyl (C=O) groups excluding carboxylic acids is 2. The quantitative estimate of drug-likeness (QED) is 0.372. The maximum Gasteiger partial charge on any atom is 0.407 e. The van der Waals surface area contributed by atoms with Crippen molar-refractivity contribution in [3.8, 4) is 11.4 Å². The van der Waals surface area contributed by atoms with Crippen molar-refractivity contribution in [3.63, 3.8) is 0 Å². The van der Waals surface area contributed by atoms with Crippen LogP contribution in [0.2, 0.25) is 0 Å². The van der Waals surface area contributed by atoms with Gasteiger partial charge in [-0.1, -0.05) is 13.8 Å². The average molecular weight is 561 g/mol. The second-order valence-corrected chi connectivity index (χ2v) is 12.4. The summed E-state index contributed by atoms with van der Waals surface area (Å²) >= 11 is 0. The number of aromatic nitrogens is 4. The molecule has 2 aliphatic rings. The van der Waals surface area contributed by atoms with Crippen molar-refractivity contribution in [1.82, 2.24) is 30.0 Å². The van der Waals surface area contributed by atoms with Gasteiger partial charge in [0.05, 0.1) is 5.69 Å². The van der Waals surface area contributed by atoms with E-state index in [1.165, 1.54) is 4.90 Å². The van der Waals surface area contributed by atoms with Crippen molar-refractivity contribution >= 4 is 29.5 Å². The van der Waals surface area contributed by atoms with Crippen LogP contribution in [0.5, 0.6) is 0 Å². The number of carboxylic acid groups (broad SMARTS) is 1. The predicted octanol–water partition coefficient (Wildman–Crippen LogP) is 3.92. The van der Waals surface area contributed by atoms with E-state index in [4.69, 9.17) is 5.73 Å². The summed E-state index contributed by atoms with van der Waals surface area (Å²) in [5.74, 6) is -0.321. The van der Waals surface area contributed by atoms with E-state index in [0.29, 0.717) is 60.7 Å². The molecule has 5 rings (SSSR count). The molecule has 0 radical (unpaired) electrons. The fraction of sp³-hybridized carbons (Fsp3) is 0.448. The number of rotatable bonds is 4. The van der Waals surface area contributed by atoms with Gasteiger partial charge in [-0.25, -0.2) is 14.8 Å². The Morgan fingerprint density at radius 2 is 1.78 bits per heavy atom. The van der Waals surface area contributed by atoms with Gasteiger partial charge < -0.3 is 26.0 Å². The van der Waals surface area contributed by atoms with Crippen LogP contribution in [0.3, 0.4) is 0 Å². The van der Waals surface area contributed by atoms with Gasteiger partial charge >= 0.3 is 6.09 Å². The molecule has 0 unspecified atom stereocenters. The summed E-state index contributed by atoms with van der Waals surface area (Å²) in [6.45, 7) is 10.7. The Labute approximate surface area is 238 Å². The van der Waals surface area contributed by atoms with Crippen LogP contribution in [0.4, 0.5) is 16.4 Å². The van der Waals surface area contributed by atoms with Crippen molar-refractivity contribution in [2.24, 2.45) is 0 Å². The molecule has 2 aromatic heterocycles. The number of aromatic amines is 1. The van der Waals surface area contributed by atoms with Gasteiger partial charge in [0.1, 0.15) is 11.4 Å². The second kappa shape index (κ2) is 10.2. The Balaban J connectivity index is 1.26. The lowest BCUT2D eigenvalue weighted by atomic mass is 9.73. The Morgan fingerprint density at radius 1 is 1.12 bits per heavy atom. The number of nitrogen functional groups attached to an aromatic ring is 1. The molecule has 3 aromatic rings. The average Bonchev–Trinajstić information content (AvgIpc) is 3.36. The van der Waals surface area contributed by atoms with Crippen LogP contribution >= 0.6 is 0 Å². The molecule has 41 heavy (non-hydrogen) atoms. The molecule has 0 bridgehead atoms. The van der Waals surface area contributed by atoms with Crippen LogP contribution < -0.4 is 11.1 Å². The summed E-state index contributed by atoms with van der Waals surface area (Å²) in [4.78, 5) is 50.0. The molecule has 3 amide bonds. The first kappa shape index (κ1) is 28.1. The van der Waals surface area contributed by atoms with Crippen LogP contribution in [0.1, 0.15) is 79.4 Å². The molecule has 1 fully saturated rings. The molecular formula is C29H36N8O4. The molecule has 1 aliphatic carbocycles. The number of fused-ring (bicyclic) bond motifs is 3. The molecule has 0 saturated carbocycles. The maximum atomic E-state index is 13.3. The number of piperidine rings is 1. The molecule has 5 N–H and O–H groups in total. The van der Waals surface area contributed by atoms with Crippen LogP contribution in [0.15, 0.2) is 30.5 Å². The largest absolute Gasteiger partial charge is 0.465 e. The number of hydrogen-bond acceptors (Lipinski definition) is 7. The standard InChI is InChI=1S/C29H36N8O4/c1-28(2,3)37(27(40)41)19-10-12-36(13-11-19)25(39)16-6-8-18(9-7-16)32-24(38)23-20-22(34-35-23)21-17(14-29(20,4)5)15-31-26(30)33-21/h6-9,15,19H,10-14H2,1-5H3,(H,32,38)(H,34,35)(H,40,41)(H2,30,31,33). The van der Waals surface area contributed by atoms with Crippen molar-refractivity contribution in [1.29, 1.82) is 0 Å². The Kier molecular flexibility index (Phi) is 6.96. The highest BCUT2D eigenvalue weighted by Gasteiger charge is 2.39. The van der Waals surface area contributed by atoms with Crippen molar-refractivity contribution in [3.05, 3.63) is 52.8 Å². The number of amides is 3. The number of anilines is 2. The number of H-pyrrole nitrogens is 1. The van der Waals surface area contributed by atoms with Gasteiger partial charge in [0.2, 0.25) is 5.95 Å². The summed E-state index contributed by atoms with van der Waals surface area (Å²) in [5.41, 5.74) is 9.21. The van der Waals surface area contributed by atoms with Gasteiger partial charge in [0, 0.05) is 47.7 Å². The van der Waals surface area contributed by atoms with Crippen LogP contribution in [0, 0.1) is 0 Å². The summed E-state index contributed by atoms with van der Waals surface area (Å²) in [7, 11) is 0. The van der Waals surface area contributed by atoms with E-state index in [-0.39, 0.29) is 29.2 Å². The van der Waals surface area contributed by atoms with Gasteiger partial charge in [-0.2, -0.15) is 5.10 Å². The Hall–Kier alpha value is -4.48. The van der Waals surface area contributed by atoms with Crippen molar-refractivity contribution in [2.75, 3.05) is 24.1 Å². The summed E-state index contributed by atoms with van der Waals surface area (Å²) in [5, 5.41) is 19.9. The minimum atomic E-state index is -0.942. The van der Waals surface area contributed by atoms with Gasteiger partial charge in [-0.15, -0.1) is 0 Å². The Bertz CT molecular complexity index is 1500. The van der Waals surface area contributed by atoms with E-state index in [1.54, 1.807) is 35.4 Å². The SMILES string of the molecule is CC1(C)Cc2cnc(N)nc2-c2n[nH]c(C(=O)Nc3ccc(C(=O)N4CCC(N(C(=O)O)C(C)(C)C)CC4)cc3)c21.